The third-order valence-electron chi connectivity index (χ3n) is 5.06. The van der Waals surface area contributed by atoms with Gasteiger partial charge in [0.25, 0.3) is 5.91 Å². The molecule has 0 saturated carbocycles. The van der Waals surface area contributed by atoms with Gasteiger partial charge in [0.1, 0.15) is 0 Å². The van der Waals surface area contributed by atoms with Crippen molar-refractivity contribution in [1.29, 1.82) is 0 Å². The summed E-state index contributed by atoms with van der Waals surface area (Å²) in [5.41, 5.74) is 0.392. The van der Waals surface area contributed by atoms with Crippen molar-refractivity contribution >= 4 is 28.1 Å². The van der Waals surface area contributed by atoms with E-state index in [1.54, 1.807) is 4.57 Å². The van der Waals surface area contributed by atoms with Crippen LogP contribution in [0, 0.1) is 10.7 Å². The van der Waals surface area contributed by atoms with Gasteiger partial charge in [-0.25, -0.2) is 8.42 Å². The van der Waals surface area contributed by atoms with Crippen LogP contribution in [0.4, 0.5) is 0 Å². The number of aromatic amines is 1. The van der Waals surface area contributed by atoms with E-state index in [0.717, 1.165) is 12.8 Å². The molecule has 0 atom stereocenters. The molecule has 10 heteroatoms. The van der Waals surface area contributed by atoms with Gasteiger partial charge in [-0.05, 0) is 62.2 Å². The van der Waals surface area contributed by atoms with Crippen molar-refractivity contribution in [1.82, 2.24) is 24.4 Å². The fourth-order valence-corrected chi connectivity index (χ4v) is 4.98. The number of carbonyl (C=O) groups excluding carboxylic acids is 1. The summed E-state index contributed by atoms with van der Waals surface area (Å²) in [4.78, 5) is 12.6. The number of carbonyl (C=O) groups is 1. The summed E-state index contributed by atoms with van der Waals surface area (Å²) in [6.07, 6.45) is 1.74. The van der Waals surface area contributed by atoms with Gasteiger partial charge in [0.2, 0.25) is 10.0 Å². The second kappa shape index (κ2) is 8.54. The molecule has 1 aliphatic heterocycles. The van der Waals surface area contributed by atoms with Crippen LogP contribution in [0.15, 0.2) is 29.2 Å². The van der Waals surface area contributed by atoms with E-state index in [2.05, 4.69) is 22.4 Å². The van der Waals surface area contributed by atoms with E-state index in [1.807, 2.05) is 6.92 Å². The van der Waals surface area contributed by atoms with Gasteiger partial charge in [-0.3, -0.25) is 9.89 Å². The van der Waals surface area contributed by atoms with E-state index in [-0.39, 0.29) is 17.3 Å². The van der Waals surface area contributed by atoms with Crippen molar-refractivity contribution in [3.63, 3.8) is 0 Å². The molecule has 152 valence electrons. The molecular formula is C18H25N5O3S2. The molecule has 0 unspecified atom stereocenters. The van der Waals surface area contributed by atoms with Crippen LogP contribution in [0.2, 0.25) is 0 Å². The summed E-state index contributed by atoms with van der Waals surface area (Å²) in [5, 5.41) is 9.59. The number of hydrogen-bond acceptors (Lipinski definition) is 5. The summed E-state index contributed by atoms with van der Waals surface area (Å²) < 4.78 is 29.3. The van der Waals surface area contributed by atoms with Gasteiger partial charge in [-0.2, -0.15) is 9.40 Å². The minimum atomic E-state index is -3.52. The normalized spacial score (nSPS) is 16.2. The molecule has 0 radical (unpaired) electrons. The van der Waals surface area contributed by atoms with E-state index in [1.165, 1.54) is 28.6 Å². The highest BCUT2D eigenvalue weighted by atomic mass is 32.2. The molecular weight excluding hydrogens is 398 g/mol. The first kappa shape index (κ1) is 20.7. The van der Waals surface area contributed by atoms with Crippen molar-refractivity contribution in [2.75, 3.05) is 13.1 Å². The van der Waals surface area contributed by atoms with Crippen LogP contribution in [0.3, 0.4) is 0 Å². The fraction of sp³-hybridized carbons (Fsp3) is 0.500. The number of nitrogens with zero attached hydrogens (tertiary/aromatic N) is 3. The number of H-pyrrole nitrogens is 1. The zero-order valence-electron chi connectivity index (χ0n) is 16.0. The van der Waals surface area contributed by atoms with Crippen LogP contribution in [-0.2, 0) is 23.1 Å². The number of benzene rings is 1. The summed E-state index contributed by atoms with van der Waals surface area (Å²) in [5.74, 6) is 0.891. The average molecular weight is 424 g/mol. The first-order valence-electron chi connectivity index (χ1n) is 9.35. The van der Waals surface area contributed by atoms with Gasteiger partial charge in [0, 0.05) is 25.2 Å². The smallest absolute Gasteiger partial charge is 0.251 e. The number of piperidine rings is 1. The van der Waals surface area contributed by atoms with E-state index in [9.17, 15) is 13.2 Å². The summed E-state index contributed by atoms with van der Waals surface area (Å²) >= 11 is 5.13. The van der Waals surface area contributed by atoms with Crippen LogP contribution >= 0.6 is 12.2 Å². The molecule has 2 N–H and O–H groups in total. The predicted octanol–water partition coefficient (Wildman–Crippen LogP) is 2.31. The summed E-state index contributed by atoms with van der Waals surface area (Å²) in [6.45, 7) is 6.04. The lowest BCUT2D eigenvalue weighted by atomic mass is 10.0. The van der Waals surface area contributed by atoms with Crippen LogP contribution in [-0.4, -0.2) is 46.5 Å². The standard InChI is InChI=1S/C18H25N5O3S2/c1-3-23-16(20-21-18(23)27)12-19-17(24)14-4-6-15(7-5-14)28(25,26)22-10-8-13(2)9-11-22/h4-7,13H,3,8-12H2,1-2H3,(H,19,24)(H,21,27). The Morgan fingerprint density at radius 1 is 1.29 bits per heavy atom. The summed E-state index contributed by atoms with van der Waals surface area (Å²) in [7, 11) is -3.52. The number of hydrogen-bond donors (Lipinski definition) is 2. The molecule has 8 nitrogen and oxygen atoms in total. The Morgan fingerprint density at radius 3 is 2.54 bits per heavy atom. The number of sulfonamides is 1. The Hall–Kier alpha value is -2.04. The molecule has 0 aliphatic carbocycles. The molecule has 1 saturated heterocycles. The van der Waals surface area contributed by atoms with Gasteiger partial charge in [0.15, 0.2) is 10.6 Å². The molecule has 0 bridgehead atoms. The van der Waals surface area contributed by atoms with Crippen LogP contribution < -0.4 is 5.32 Å². The molecule has 1 amide bonds. The SMILES string of the molecule is CCn1c(CNC(=O)c2ccc(S(=O)(=O)N3CCC(C)CC3)cc2)n[nH]c1=S. The minimum absolute atomic E-state index is 0.213. The second-order valence-corrected chi connectivity index (χ2v) is 9.31. The van der Waals surface area contributed by atoms with Gasteiger partial charge < -0.3 is 9.88 Å². The Labute approximate surface area is 170 Å². The van der Waals surface area contributed by atoms with Crippen molar-refractivity contribution in [2.24, 2.45) is 5.92 Å². The van der Waals surface area contributed by atoms with Gasteiger partial charge in [-0.1, -0.05) is 6.92 Å². The Bertz CT molecular complexity index is 987. The lowest BCUT2D eigenvalue weighted by Gasteiger charge is -2.29. The largest absolute Gasteiger partial charge is 0.345 e. The van der Waals surface area contributed by atoms with E-state index < -0.39 is 10.0 Å². The predicted molar refractivity (Wildman–Crippen MR) is 108 cm³/mol. The number of nitrogens with one attached hydrogen (secondary N) is 2. The van der Waals surface area contributed by atoms with E-state index in [0.29, 0.717) is 41.7 Å². The Morgan fingerprint density at radius 2 is 1.93 bits per heavy atom. The molecule has 3 rings (SSSR count). The van der Waals surface area contributed by atoms with E-state index >= 15 is 0 Å². The topological polar surface area (TPSA) is 100 Å². The number of aromatic nitrogens is 3. The highest BCUT2D eigenvalue weighted by Crippen LogP contribution is 2.23. The quantitative estimate of drug-likeness (QED) is 0.695. The molecule has 2 aromatic rings. The van der Waals surface area contributed by atoms with Crippen LogP contribution in [0.5, 0.6) is 0 Å². The highest BCUT2D eigenvalue weighted by Gasteiger charge is 2.28. The Kier molecular flexibility index (Phi) is 6.31. The van der Waals surface area contributed by atoms with Crippen molar-refractivity contribution in [3.05, 3.63) is 40.4 Å². The molecule has 1 aromatic carbocycles. The second-order valence-electron chi connectivity index (χ2n) is 6.98. The molecule has 1 aromatic heterocycles. The third-order valence-corrected chi connectivity index (χ3v) is 7.28. The zero-order chi connectivity index (χ0) is 20.3. The van der Waals surface area contributed by atoms with Gasteiger partial charge in [0.05, 0.1) is 11.4 Å². The Balaban J connectivity index is 1.66. The van der Waals surface area contributed by atoms with Crippen LogP contribution in [0.25, 0.3) is 0 Å². The first-order chi connectivity index (χ1) is 13.3. The fourth-order valence-electron chi connectivity index (χ4n) is 3.23. The lowest BCUT2D eigenvalue weighted by Crippen LogP contribution is -2.37. The van der Waals surface area contributed by atoms with Crippen LogP contribution in [0.1, 0.15) is 42.9 Å². The number of rotatable bonds is 6. The molecule has 1 fully saturated rings. The minimum Gasteiger partial charge on any atom is -0.345 e. The first-order valence-corrected chi connectivity index (χ1v) is 11.2. The number of amides is 1. The molecule has 0 spiro atoms. The maximum Gasteiger partial charge on any atom is 0.251 e. The summed E-state index contributed by atoms with van der Waals surface area (Å²) in [6, 6.07) is 6.05. The monoisotopic (exact) mass is 423 g/mol. The van der Waals surface area contributed by atoms with Crippen molar-refractivity contribution < 1.29 is 13.2 Å². The lowest BCUT2D eigenvalue weighted by molar-refractivity contribution is 0.0949. The third kappa shape index (κ3) is 4.34. The molecule has 1 aliphatic rings. The van der Waals surface area contributed by atoms with E-state index in [4.69, 9.17) is 12.2 Å². The van der Waals surface area contributed by atoms with Gasteiger partial charge >= 0.3 is 0 Å². The molecule has 2 heterocycles. The highest BCUT2D eigenvalue weighted by molar-refractivity contribution is 7.89. The molecule has 28 heavy (non-hydrogen) atoms. The van der Waals surface area contributed by atoms with Crippen molar-refractivity contribution in [2.45, 2.75) is 44.7 Å². The average Bonchev–Trinajstić information content (AvgIpc) is 3.06. The maximum atomic E-state index is 12.8. The maximum absolute atomic E-state index is 12.8. The van der Waals surface area contributed by atoms with Gasteiger partial charge in [-0.15, -0.1) is 0 Å². The van der Waals surface area contributed by atoms with Crippen molar-refractivity contribution in [3.8, 4) is 0 Å². The zero-order valence-corrected chi connectivity index (χ0v) is 17.6.